The molecule has 0 amide bonds. The number of nitrogens with zero attached hydrogens (tertiary/aromatic N) is 2. The fourth-order valence-electron chi connectivity index (χ4n) is 0.522. The Morgan fingerprint density at radius 1 is 1.73 bits per heavy atom. The van der Waals surface area contributed by atoms with Crippen LogP contribution in [0.15, 0.2) is 4.99 Å². The molecule has 2 N–H and O–H groups in total. The zero-order valence-corrected chi connectivity index (χ0v) is 7.33. The fourth-order valence-corrected chi connectivity index (χ4v) is 0.522. The van der Waals surface area contributed by atoms with Crippen molar-refractivity contribution in [2.24, 2.45) is 10.7 Å². The van der Waals surface area contributed by atoms with Gasteiger partial charge in [0.2, 0.25) is 0 Å². The molecule has 0 aliphatic heterocycles. The Balaban J connectivity index is 4.17. The Labute approximate surface area is 68.3 Å². The van der Waals surface area contributed by atoms with Crippen LogP contribution in [0, 0.1) is 12.3 Å². The van der Waals surface area contributed by atoms with Crippen molar-refractivity contribution < 1.29 is 0 Å². The third kappa shape index (κ3) is 3.51. The predicted molar refractivity (Wildman–Crippen MR) is 48.2 cm³/mol. The van der Waals surface area contributed by atoms with Crippen molar-refractivity contribution in [3.63, 3.8) is 0 Å². The average molecular weight is 153 g/mol. The van der Waals surface area contributed by atoms with Gasteiger partial charge in [0.15, 0.2) is 5.96 Å². The van der Waals surface area contributed by atoms with Gasteiger partial charge < -0.3 is 10.6 Å². The number of hydrogen-bond donors (Lipinski definition) is 1. The first kappa shape index (κ1) is 9.83. The van der Waals surface area contributed by atoms with Crippen LogP contribution in [0.4, 0.5) is 0 Å². The van der Waals surface area contributed by atoms with Gasteiger partial charge >= 0.3 is 0 Å². The molecule has 0 aliphatic carbocycles. The molecular formula is C8H15N3. The van der Waals surface area contributed by atoms with Crippen molar-refractivity contribution in [2.45, 2.75) is 19.4 Å². The molecule has 0 aromatic heterocycles. The lowest BCUT2D eigenvalue weighted by Gasteiger charge is -2.12. The summed E-state index contributed by atoms with van der Waals surface area (Å²) in [6.45, 7) is 1.98. The molecule has 3 heteroatoms. The van der Waals surface area contributed by atoms with Crippen LogP contribution in [0.2, 0.25) is 0 Å². The Morgan fingerprint density at radius 2 is 2.27 bits per heavy atom. The molecule has 0 radical (unpaired) electrons. The SMILES string of the molecule is C#CC(CC)N=C(N)N(C)C. The molecule has 1 unspecified atom stereocenters. The summed E-state index contributed by atoms with van der Waals surface area (Å²) in [4.78, 5) is 5.83. The second-order valence-corrected chi connectivity index (χ2v) is 2.47. The first-order chi connectivity index (χ1) is 5.11. The van der Waals surface area contributed by atoms with E-state index in [0.717, 1.165) is 6.42 Å². The van der Waals surface area contributed by atoms with Gasteiger partial charge in [-0.15, -0.1) is 6.42 Å². The van der Waals surface area contributed by atoms with Gasteiger partial charge in [-0.25, -0.2) is 4.99 Å². The van der Waals surface area contributed by atoms with Gasteiger partial charge in [0.05, 0.1) is 0 Å². The maximum atomic E-state index is 5.55. The van der Waals surface area contributed by atoms with Crippen LogP contribution in [-0.2, 0) is 0 Å². The Bertz CT molecular complexity index is 176. The van der Waals surface area contributed by atoms with E-state index in [4.69, 9.17) is 12.2 Å². The normalized spacial score (nSPS) is 13.8. The molecule has 0 aromatic carbocycles. The number of terminal acetylenes is 1. The second kappa shape index (κ2) is 4.62. The smallest absolute Gasteiger partial charge is 0.191 e. The molecule has 62 valence electrons. The summed E-state index contributed by atoms with van der Waals surface area (Å²) in [6.07, 6.45) is 6.03. The van der Waals surface area contributed by atoms with Crippen molar-refractivity contribution >= 4 is 5.96 Å². The molecular weight excluding hydrogens is 138 g/mol. The van der Waals surface area contributed by atoms with E-state index in [9.17, 15) is 0 Å². The Morgan fingerprint density at radius 3 is 2.55 bits per heavy atom. The topological polar surface area (TPSA) is 41.6 Å². The number of rotatable bonds is 2. The monoisotopic (exact) mass is 153 g/mol. The number of nitrogens with two attached hydrogens (primary N) is 1. The lowest BCUT2D eigenvalue weighted by Crippen LogP contribution is -2.31. The highest BCUT2D eigenvalue weighted by Crippen LogP contribution is 1.94. The third-order valence-electron chi connectivity index (χ3n) is 1.33. The zero-order chi connectivity index (χ0) is 8.85. The molecule has 3 nitrogen and oxygen atoms in total. The molecule has 0 bridgehead atoms. The van der Waals surface area contributed by atoms with Gasteiger partial charge in [-0.05, 0) is 6.42 Å². The highest BCUT2D eigenvalue weighted by molar-refractivity contribution is 5.77. The fraction of sp³-hybridized carbons (Fsp3) is 0.625. The minimum absolute atomic E-state index is 0.0857. The van der Waals surface area contributed by atoms with Crippen LogP contribution in [-0.4, -0.2) is 31.0 Å². The molecule has 0 aromatic rings. The highest BCUT2D eigenvalue weighted by atomic mass is 15.2. The van der Waals surface area contributed by atoms with E-state index in [1.54, 1.807) is 4.90 Å². The summed E-state index contributed by atoms with van der Waals surface area (Å²) in [6, 6.07) is -0.0857. The highest BCUT2D eigenvalue weighted by Gasteiger charge is 2.00. The van der Waals surface area contributed by atoms with Gasteiger partial charge in [0.25, 0.3) is 0 Å². The second-order valence-electron chi connectivity index (χ2n) is 2.47. The first-order valence-corrected chi connectivity index (χ1v) is 3.58. The maximum absolute atomic E-state index is 5.55. The summed E-state index contributed by atoms with van der Waals surface area (Å²) in [5, 5.41) is 0. The molecule has 1 atom stereocenters. The minimum Gasteiger partial charge on any atom is -0.370 e. The molecule has 0 fully saturated rings. The van der Waals surface area contributed by atoms with E-state index < -0.39 is 0 Å². The van der Waals surface area contributed by atoms with Crippen LogP contribution in [0.1, 0.15) is 13.3 Å². The Hall–Kier alpha value is -1.17. The van der Waals surface area contributed by atoms with E-state index in [1.165, 1.54) is 0 Å². The summed E-state index contributed by atoms with van der Waals surface area (Å²) in [7, 11) is 3.67. The largest absolute Gasteiger partial charge is 0.370 e. The number of guanidine groups is 1. The molecule has 0 aliphatic rings. The Kier molecular flexibility index (Phi) is 4.12. The van der Waals surface area contributed by atoms with E-state index in [2.05, 4.69) is 10.9 Å². The minimum atomic E-state index is -0.0857. The van der Waals surface area contributed by atoms with E-state index in [0.29, 0.717) is 5.96 Å². The molecule has 0 saturated heterocycles. The van der Waals surface area contributed by atoms with Gasteiger partial charge in [-0.3, -0.25) is 0 Å². The van der Waals surface area contributed by atoms with E-state index >= 15 is 0 Å². The molecule has 0 saturated carbocycles. The van der Waals surface area contributed by atoms with Gasteiger partial charge in [0, 0.05) is 14.1 Å². The van der Waals surface area contributed by atoms with E-state index in [1.807, 2.05) is 21.0 Å². The maximum Gasteiger partial charge on any atom is 0.191 e. The van der Waals surface area contributed by atoms with Crippen LogP contribution < -0.4 is 5.73 Å². The van der Waals surface area contributed by atoms with Crippen LogP contribution in [0.25, 0.3) is 0 Å². The molecule has 0 spiro atoms. The quantitative estimate of drug-likeness (QED) is 0.351. The number of hydrogen-bond acceptors (Lipinski definition) is 1. The zero-order valence-electron chi connectivity index (χ0n) is 7.33. The number of aliphatic imine (C=N–C) groups is 1. The summed E-state index contributed by atoms with van der Waals surface area (Å²) >= 11 is 0. The van der Waals surface area contributed by atoms with Crippen molar-refractivity contribution in [3.05, 3.63) is 0 Å². The summed E-state index contributed by atoms with van der Waals surface area (Å²) < 4.78 is 0. The predicted octanol–water partition coefficient (Wildman–Crippen LogP) is 0.275. The lowest BCUT2D eigenvalue weighted by atomic mass is 10.2. The van der Waals surface area contributed by atoms with Crippen molar-refractivity contribution in [1.82, 2.24) is 4.90 Å². The summed E-state index contributed by atoms with van der Waals surface area (Å²) in [5.41, 5.74) is 5.55. The van der Waals surface area contributed by atoms with Crippen LogP contribution >= 0.6 is 0 Å². The standard InChI is InChI=1S/C8H15N3/c1-5-7(6-2)10-8(9)11(3)4/h1,7H,6H2,2-4H3,(H2,9,10). The summed E-state index contributed by atoms with van der Waals surface area (Å²) in [5.74, 6) is 3.02. The van der Waals surface area contributed by atoms with Crippen molar-refractivity contribution in [1.29, 1.82) is 0 Å². The lowest BCUT2D eigenvalue weighted by molar-refractivity contribution is 0.603. The van der Waals surface area contributed by atoms with Gasteiger partial charge in [0.1, 0.15) is 6.04 Å². The van der Waals surface area contributed by atoms with Crippen molar-refractivity contribution in [3.8, 4) is 12.3 Å². The molecule has 11 heavy (non-hydrogen) atoms. The van der Waals surface area contributed by atoms with Crippen LogP contribution in [0.5, 0.6) is 0 Å². The average Bonchev–Trinajstić information content (AvgIpc) is 1.99. The van der Waals surface area contributed by atoms with Crippen molar-refractivity contribution in [2.75, 3.05) is 14.1 Å². The van der Waals surface area contributed by atoms with Crippen LogP contribution in [0.3, 0.4) is 0 Å². The van der Waals surface area contributed by atoms with Gasteiger partial charge in [-0.2, -0.15) is 0 Å². The van der Waals surface area contributed by atoms with Gasteiger partial charge in [-0.1, -0.05) is 12.8 Å². The molecule has 0 heterocycles. The third-order valence-corrected chi connectivity index (χ3v) is 1.33. The first-order valence-electron chi connectivity index (χ1n) is 3.58. The van der Waals surface area contributed by atoms with E-state index in [-0.39, 0.29) is 6.04 Å². The molecule has 0 rings (SSSR count).